The van der Waals surface area contributed by atoms with Crippen LogP contribution in [0.1, 0.15) is 31.4 Å². The molecule has 7 heteroatoms. The quantitative estimate of drug-likeness (QED) is 0.819. The predicted octanol–water partition coefficient (Wildman–Crippen LogP) is 1.13. The summed E-state index contributed by atoms with van der Waals surface area (Å²) in [5.41, 5.74) is 0.0146. The van der Waals surface area contributed by atoms with Crippen molar-refractivity contribution in [3.8, 4) is 0 Å². The summed E-state index contributed by atoms with van der Waals surface area (Å²) < 4.78 is 27.2. The molecule has 2 amide bonds. The van der Waals surface area contributed by atoms with Gasteiger partial charge in [0, 0.05) is 18.7 Å². The average Bonchev–Trinajstić information content (AvgIpc) is 2.83. The van der Waals surface area contributed by atoms with Gasteiger partial charge in [0.25, 0.3) is 0 Å². The molecule has 1 aliphatic heterocycles. The van der Waals surface area contributed by atoms with Crippen molar-refractivity contribution in [2.24, 2.45) is 0 Å². The summed E-state index contributed by atoms with van der Waals surface area (Å²) in [5, 5.41) is 12.3. The molecule has 2 unspecified atom stereocenters. The van der Waals surface area contributed by atoms with E-state index in [-0.39, 0.29) is 24.9 Å². The maximum atomic E-state index is 13.9. The van der Waals surface area contributed by atoms with E-state index in [4.69, 9.17) is 0 Å². The Balaban J connectivity index is 2.20. The smallest absolute Gasteiger partial charge is 0.232 e. The molecule has 1 aromatic carbocycles. The molecule has 0 saturated carbocycles. The van der Waals surface area contributed by atoms with Crippen LogP contribution in [0.2, 0.25) is 0 Å². The summed E-state index contributed by atoms with van der Waals surface area (Å²) in [7, 11) is 0. The zero-order valence-electron chi connectivity index (χ0n) is 12.2. The Kier molecular flexibility index (Phi) is 5.07. The van der Waals surface area contributed by atoms with Gasteiger partial charge in [0.05, 0.1) is 12.1 Å². The van der Waals surface area contributed by atoms with E-state index >= 15 is 0 Å². The highest BCUT2D eigenvalue weighted by atomic mass is 19.1. The van der Waals surface area contributed by atoms with Gasteiger partial charge in [-0.2, -0.15) is 0 Å². The van der Waals surface area contributed by atoms with Crippen LogP contribution in [0.3, 0.4) is 0 Å². The summed E-state index contributed by atoms with van der Waals surface area (Å²) in [6.07, 6.45) is -1.10. The van der Waals surface area contributed by atoms with E-state index in [1.165, 1.54) is 4.90 Å². The van der Waals surface area contributed by atoms with Crippen LogP contribution >= 0.6 is 0 Å². The molecule has 0 spiro atoms. The van der Waals surface area contributed by atoms with Crippen molar-refractivity contribution < 1.29 is 23.5 Å². The maximum Gasteiger partial charge on any atom is 0.232 e. The molecular weight excluding hydrogens is 294 g/mol. The van der Waals surface area contributed by atoms with Crippen molar-refractivity contribution in [2.45, 2.75) is 31.9 Å². The molecule has 22 heavy (non-hydrogen) atoms. The number of benzene rings is 1. The normalized spacial score (nSPS) is 21.0. The molecular formula is C15H18F2N2O3. The van der Waals surface area contributed by atoms with E-state index in [1.54, 1.807) is 6.92 Å². The second-order valence-electron chi connectivity index (χ2n) is 5.25. The fourth-order valence-corrected chi connectivity index (χ4v) is 2.65. The summed E-state index contributed by atoms with van der Waals surface area (Å²) in [6.45, 7) is 2.13. The first-order chi connectivity index (χ1) is 10.4. The number of nitrogens with zero attached hydrogens (tertiary/aromatic N) is 1. The standard InChI is InChI=1S/C15H18F2N2O3/c1-2-18-14(21)7-15(22)19-8-10(20)6-13(19)11-5-9(16)3-4-12(11)17/h3-5,10,13,20H,2,6-8H2,1H3,(H,18,21). The van der Waals surface area contributed by atoms with Crippen molar-refractivity contribution in [2.75, 3.05) is 13.1 Å². The lowest BCUT2D eigenvalue weighted by Crippen LogP contribution is -2.36. The van der Waals surface area contributed by atoms with Gasteiger partial charge in [-0.15, -0.1) is 0 Å². The zero-order chi connectivity index (χ0) is 16.3. The van der Waals surface area contributed by atoms with Crippen LogP contribution in [0.15, 0.2) is 18.2 Å². The molecule has 1 saturated heterocycles. The Morgan fingerprint density at radius 1 is 1.41 bits per heavy atom. The number of rotatable bonds is 4. The van der Waals surface area contributed by atoms with E-state index < -0.39 is 35.6 Å². The topological polar surface area (TPSA) is 69.6 Å². The molecule has 5 nitrogen and oxygen atoms in total. The summed E-state index contributed by atoms with van der Waals surface area (Å²) in [6, 6.07) is 2.23. The number of hydrogen-bond acceptors (Lipinski definition) is 3. The third-order valence-electron chi connectivity index (χ3n) is 3.60. The Bertz CT molecular complexity index is 580. The van der Waals surface area contributed by atoms with Gasteiger partial charge in [-0.3, -0.25) is 9.59 Å². The SMILES string of the molecule is CCNC(=O)CC(=O)N1CC(O)CC1c1cc(F)ccc1F. The lowest BCUT2D eigenvalue weighted by Gasteiger charge is -2.25. The van der Waals surface area contributed by atoms with E-state index in [0.717, 1.165) is 18.2 Å². The van der Waals surface area contributed by atoms with Crippen LogP contribution in [-0.2, 0) is 9.59 Å². The van der Waals surface area contributed by atoms with E-state index in [0.29, 0.717) is 6.54 Å². The van der Waals surface area contributed by atoms with Crippen LogP contribution in [0.25, 0.3) is 0 Å². The van der Waals surface area contributed by atoms with Crippen molar-refractivity contribution in [3.05, 3.63) is 35.4 Å². The van der Waals surface area contributed by atoms with Gasteiger partial charge in [0.2, 0.25) is 11.8 Å². The Hall–Kier alpha value is -2.02. The van der Waals surface area contributed by atoms with Gasteiger partial charge in [-0.05, 0) is 31.5 Å². The zero-order valence-corrected chi connectivity index (χ0v) is 12.2. The van der Waals surface area contributed by atoms with Crippen LogP contribution in [-0.4, -0.2) is 41.0 Å². The molecule has 1 aliphatic rings. The minimum Gasteiger partial charge on any atom is -0.391 e. The number of likely N-dealkylation sites (tertiary alicyclic amines) is 1. The van der Waals surface area contributed by atoms with Crippen LogP contribution in [0.4, 0.5) is 8.78 Å². The number of carbonyl (C=O) groups excluding carboxylic acids is 2. The number of aliphatic hydroxyl groups is 1. The van der Waals surface area contributed by atoms with Crippen LogP contribution < -0.4 is 5.32 Å². The minimum atomic E-state index is -0.828. The Morgan fingerprint density at radius 3 is 2.82 bits per heavy atom. The van der Waals surface area contributed by atoms with Crippen molar-refractivity contribution in [3.63, 3.8) is 0 Å². The number of β-amino-alcohol motifs (C(OH)–C–C–N with tert-alkyl or cyclic N) is 1. The monoisotopic (exact) mass is 312 g/mol. The summed E-state index contributed by atoms with van der Waals surface area (Å²) in [5.74, 6) is -2.21. The second-order valence-corrected chi connectivity index (χ2v) is 5.25. The number of halogens is 2. The maximum absolute atomic E-state index is 13.9. The third kappa shape index (κ3) is 3.59. The lowest BCUT2D eigenvalue weighted by molar-refractivity contribution is -0.137. The summed E-state index contributed by atoms with van der Waals surface area (Å²) >= 11 is 0. The second kappa shape index (κ2) is 6.83. The molecule has 2 N–H and O–H groups in total. The van der Waals surface area contributed by atoms with Crippen LogP contribution in [0.5, 0.6) is 0 Å². The molecule has 1 aromatic rings. The molecule has 1 fully saturated rings. The van der Waals surface area contributed by atoms with Gasteiger partial charge in [-0.25, -0.2) is 8.78 Å². The van der Waals surface area contributed by atoms with Gasteiger partial charge in [0.1, 0.15) is 18.1 Å². The van der Waals surface area contributed by atoms with E-state index in [9.17, 15) is 23.5 Å². The number of aliphatic hydroxyl groups excluding tert-OH is 1. The van der Waals surface area contributed by atoms with Gasteiger partial charge in [-0.1, -0.05) is 0 Å². The molecule has 2 atom stereocenters. The molecule has 2 rings (SSSR count). The number of nitrogens with one attached hydrogen (secondary N) is 1. The van der Waals surface area contributed by atoms with E-state index in [2.05, 4.69) is 5.32 Å². The van der Waals surface area contributed by atoms with Crippen molar-refractivity contribution in [1.82, 2.24) is 10.2 Å². The summed E-state index contributed by atoms with van der Waals surface area (Å²) in [4.78, 5) is 24.9. The van der Waals surface area contributed by atoms with Gasteiger partial charge in [0.15, 0.2) is 0 Å². The highest BCUT2D eigenvalue weighted by Crippen LogP contribution is 2.34. The lowest BCUT2D eigenvalue weighted by atomic mass is 10.0. The molecule has 0 radical (unpaired) electrons. The first-order valence-electron chi connectivity index (χ1n) is 7.11. The van der Waals surface area contributed by atoms with E-state index in [1.807, 2.05) is 0 Å². The fraction of sp³-hybridized carbons (Fsp3) is 0.467. The number of carbonyl (C=O) groups is 2. The highest BCUT2D eigenvalue weighted by Gasteiger charge is 2.37. The number of amides is 2. The highest BCUT2D eigenvalue weighted by molar-refractivity contribution is 5.97. The first-order valence-corrected chi connectivity index (χ1v) is 7.11. The van der Waals surface area contributed by atoms with Gasteiger partial charge >= 0.3 is 0 Å². The third-order valence-corrected chi connectivity index (χ3v) is 3.60. The van der Waals surface area contributed by atoms with Gasteiger partial charge < -0.3 is 15.3 Å². The predicted molar refractivity (Wildman–Crippen MR) is 74.7 cm³/mol. The Morgan fingerprint density at radius 2 is 2.14 bits per heavy atom. The average molecular weight is 312 g/mol. The Labute approximate surface area is 126 Å². The minimum absolute atomic E-state index is 0.00113. The molecule has 0 aromatic heterocycles. The number of hydrogen-bond donors (Lipinski definition) is 2. The fourth-order valence-electron chi connectivity index (χ4n) is 2.65. The molecule has 1 heterocycles. The first kappa shape index (κ1) is 16.4. The van der Waals surface area contributed by atoms with Crippen molar-refractivity contribution >= 4 is 11.8 Å². The molecule has 120 valence electrons. The molecule has 0 bridgehead atoms. The molecule has 0 aliphatic carbocycles. The largest absolute Gasteiger partial charge is 0.391 e. The van der Waals surface area contributed by atoms with Crippen LogP contribution in [0, 0.1) is 11.6 Å². The van der Waals surface area contributed by atoms with Crippen molar-refractivity contribution in [1.29, 1.82) is 0 Å².